The molecule has 1 amide bonds. The van der Waals surface area contributed by atoms with Gasteiger partial charge in [0.05, 0.1) is 5.71 Å². The van der Waals surface area contributed by atoms with Crippen LogP contribution in [0, 0.1) is 5.41 Å². The molecule has 0 spiro atoms. The Morgan fingerprint density at radius 3 is 2.75 bits per heavy atom. The second kappa shape index (κ2) is 2.17. The number of benzene rings is 1. The smallest absolute Gasteiger partial charge is 0.231 e. The fraction of sp³-hybridized carbons (Fsp3) is 0.111. The molecule has 0 aliphatic heterocycles. The zero-order valence-electron chi connectivity index (χ0n) is 6.37. The van der Waals surface area contributed by atoms with Gasteiger partial charge in [-0.1, -0.05) is 24.3 Å². The number of carbonyl (C=O) groups is 1. The molecule has 0 aromatic heterocycles. The lowest BCUT2D eigenvalue weighted by atomic mass is 9.75. The summed E-state index contributed by atoms with van der Waals surface area (Å²) in [5, 5.41) is 7.50. The van der Waals surface area contributed by atoms with Crippen molar-refractivity contribution in [3.8, 4) is 0 Å². The molecule has 1 aromatic carbocycles. The van der Waals surface area contributed by atoms with Crippen molar-refractivity contribution in [2.45, 2.75) is 5.92 Å². The van der Waals surface area contributed by atoms with Gasteiger partial charge in [0.1, 0.15) is 5.92 Å². The van der Waals surface area contributed by atoms with Crippen LogP contribution in [0.1, 0.15) is 17.0 Å². The van der Waals surface area contributed by atoms with Gasteiger partial charge in [0.25, 0.3) is 0 Å². The normalized spacial score (nSPS) is 19.7. The summed E-state index contributed by atoms with van der Waals surface area (Å²) in [6.07, 6.45) is 0. The fourth-order valence-corrected chi connectivity index (χ4v) is 1.52. The first-order valence-corrected chi connectivity index (χ1v) is 3.69. The molecular formula is C9H8N2O. The van der Waals surface area contributed by atoms with Gasteiger partial charge in [-0.2, -0.15) is 0 Å². The van der Waals surface area contributed by atoms with Gasteiger partial charge in [-0.3, -0.25) is 4.79 Å². The van der Waals surface area contributed by atoms with Gasteiger partial charge in [0, 0.05) is 5.56 Å². The Hall–Kier alpha value is -1.64. The lowest BCUT2D eigenvalue weighted by molar-refractivity contribution is -0.118. The summed E-state index contributed by atoms with van der Waals surface area (Å²) < 4.78 is 0. The molecule has 1 aliphatic rings. The Labute approximate surface area is 69.7 Å². The van der Waals surface area contributed by atoms with Crippen LogP contribution < -0.4 is 5.73 Å². The molecule has 3 N–H and O–H groups in total. The number of fused-ring (bicyclic) bond motifs is 1. The summed E-state index contributed by atoms with van der Waals surface area (Å²) in [5.74, 6) is -0.903. The van der Waals surface area contributed by atoms with E-state index >= 15 is 0 Å². The van der Waals surface area contributed by atoms with E-state index in [2.05, 4.69) is 0 Å². The molecule has 1 aromatic rings. The Morgan fingerprint density at radius 1 is 1.42 bits per heavy atom. The summed E-state index contributed by atoms with van der Waals surface area (Å²) in [4.78, 5) is 10.8. The van der Waals surface area contributed by atoms with Crippen LogP contribution in [0.25, 0.3) is 0 Å². The second-order valence-electron chi connectivity index (χ2n) is 2.84. The number of rotatable bonds is 1. The van der Waals surface area contributed by atoms with Crippen LogP contribution in [-0.4, -0.2) is 11.6 Å². The van der Waals surface area contributed by atoms with Gasteiger partial charge in [0.2, 0.25) is 5.91 Å². The minimum Gasteiger partial charge on any atom is -0.369 e. The third kappa shape index (κ3) is 0.704. The van der Waals surface area contributed by atoms with Crippen LogP contribution >= 0.6 is 0 Å². The number of carbonyl (C=O) groups excluding carboxylic acids is 1. The minimum atomic E-state index is -0.471. The molecule has 0 saturated carbocycles. The second-order valence-corrected chi connectivity index (χ2v) is 2.84. The number of nitrogens with one attached hydrogen (secondary N) is 1. The van der Waals surface area contributed by atoms with E-state index in [0.717, 1.165) is 11.1 Å². The number of amides is 1. The topological polar surface area (TPSA) is 66.9 Å². The predicted molar refractivity (Wildman–Crippen MR) is 45.2 cm³/mol. The van der Waals surface area contributed by atoms with Gasteiger partial charge in [-0.15, -0.1) is 0 Å². The highest BCUT2D eigenvalue weighted by molar-refractivity contribution is 6.23. The third-order valence-corrected chi connectivity index (χ3v) is 2.14. The van der Waals surface area contributed by atoms with Crippen LogP contribution in [0.3, 0.4) is 0 Å². The largest absolute Gasteiger partial charge is 0.369 e. The monoisotopic (exact) mass is 160 g/mol. The number of hydrogen-bond donors (Lipinski definition) is 2. The maximum Gasteiger partial charge on any atom is 0.231 e. The molecule has 0 bridgehead atoms. The Bertz CT molecular complexity index is 371. The van der Waals surface area contributed by atoms with Crippen molar-refractivity contribution in [3.63, 3.8) is 0 Å². The Kier molecular flexibility index (Phi) is 1.27. The number of hydrogen-bond acceptors (Lipinski definition) is 2. The first-order chi connectivity index (χ1) is 5.72. The molecule has 3 nitrogen and oxygen atoms in total. The molecule has 0 fully saturated rings. The highest BCUT2D eigenvalue weighted by Crippen LogP contribution is 2.33. The molecule has 3 heteroatoms. The van der Waals surface area contributed by atoms with E-state index in [4.69, 9.17) is 11.1 Å². The van der Waals surface area contributed by atoms with Crippen LogP contribution in [-0.2, 0) is 4.79 Å². The summed E-state index contributed by atoms with van der Waals surface area (Å²) >= 11 is 0. The van der Waals surface area contributed by atoms with Crippen molar-refractivity contribution in [1.29, 1.82) is 5.41 Å². The summed E-state index contributed by atoms with van der Waals surface area (Å²) in [5.41, 5.74) is 7.20. The van der Waals surface area contributed by atoms with E-state index in [1.165, 1.54) is 0 Å². The van der Waals surface area contributed by atoms with Crippen molar-refractivity contribution in [1.82, 2.24) is 0 Å². The summed E-state index contributed by atoms with van der Waals surface area (Å²) in [7, 11) is 0. The molecule has 60 valence electrons. The van der Waals surface area contributed by atoms with Crippen molar-refractivity contribution < 1.29 is 4.79 Å². The first kappa shape index (κ1) is 7.03. The molecule has 0 radical (unpaired) electrons. The summed E-state index contributed by atoms with van der Waals surface area (Å²) in [6.45, 7) is 0. The molecule has 1 atom stereocenters. The van der Waals surface area contributed by atoms with Crippen LogP contribution in [0.5, 0.6) is 0 Å². The maximum atomic E-state index is 10.8. The lowest BCUT2D eigenvalue weighted by Crippen LogP contribution is -2.36. The fourth-order valence-electron chi connectivity index (χ4n) is 1.52. The highest BCUT2D eigenvalue weighted by Gasteiger charge is 2.35. The van der Waals surface area contributed by atoms with Gasteiger partial charge >= 0.3 is 0 Å². The first-order valence-electron chi connectivity index (χ1n) is 3.69. The quantitative estimate of drug-likeness (QED) is 0.621. The zero-order valence-corrected chi connectivity index (χ0v) is 6.37. The van der Waals surface area contributed by atoms with Gasteiger partial charge in [-0.25, -0.2) is 0 Å². The molecular weight excluding hydrogens is 152 g/mol. The molecule has 12 heavy (non-hydrogen) atoms. The van der Waals surface area contributed by atoms with E-state index in [0.29, 0.717) is 5.71 Å². The SMILES string of the molecule is N=C1c2ccccc2C1C(N)=O. The van der Waals surface area contributed by atoms with Crippen LogP contribution in [0.15, 0.2) is 24.3 Å². The lowest BCUT2D eigenvalue weighted by Gasteiger charge is -2.28. The average Bonchev–Trinajstić information content (AvgIpc) is 2.03. The maximum absolute atomic E-state index is 10.8. The molecule has 1 unspecified atom stereocenters. The third-order valence-electron chi connectivity index (χ3n) is 2.14. The molecule has 0 saturated heterocycles. The zero-order chi connectivity index (χ0) is 8.72. The van der Waals surface area contributed by atoms with Crippen molar-refractivity contribution >= 4 is 11.6 Å². The van der Waals surface area contributed by atoms with E-state index < -0.39 is 11.8 Å². The Balaban J connectivity index is 2.50. The van der Waals surface area contributed by atoms with Crippen molar-refractivity contribution in [3.05, 3.63) is 35.4 Å². The predicted octanol–water partition coefficient (Wildman–Crippen LogP) is 0.637. The van der Waals surface area contributed by atoms with Crippen molar-refractivity contribution in [2.75, 3.05) is 0 Å². The Morgan fingerprint density at radius 2 is 2.08 bits per heavy atom. The molecule has 0 heterocycles. The van der Waals surface area contributed by atoms with Gasteiger partial charge < -0.3 is 11.1 Å². The van der Waals surface area contributed by atoms with E-state index in [9.17, 15) is 4.79 Å². The van der Waals surface area contributed by atoms with Crippen molar-refractivity contribution in [2.24, 2.45) is 5.73 Å². The van der Waals surface area contributed by atoms with E-state index in [1.54, 1.807) is 0 Å². The van der Waals surface area contributed by atoms with E-state index in [1.807, 2.05) is 24.3 Å². The van der Waals surface area contributed by atoms with Crippen LogP contribution in [0.4, 0.5) is 0 Å². The average molecular weight is 160 g/mol. The molecule has 1 aliphatic carbocycles. The van der Waals surface area contributed by atoms with Gasteiger partial charge in [-0.05, 0) is 5.56 Å². The molecule has 2 rings (SSSR count). The number of primary amides is 1. The highest BCUT2D eigenvalue weighted by atomic mass is 16.1. The van der Waals surface area contributed by atoms with Crippen LogP contribution in [0.2, 0.25) is 0 Å². The summed E-state index contributed by atoms with van der Waals surface area (Å²) in [6, 6.07) is 7.37. The van der Waals surface area contributed by atoms with E-state index in [-0.39, 0.29) is 0 Å². The van der Waals surface area contributed by atoms with Gasteiger partial charge in [0.15, 0.2) is 0 Å². The standard InChI is InChI=1S/C9H8N2O/c10-8-6-4-2-1-3-5(6)7(8)9(11)12/h1-4,7,10H,(H2,11,12). The minimum absolute atomic E-state index is 0.345. The number of nitrogens with two attached hydrogens (primary N) is 1.